The van der Waals surface area contributed by atoms with Gasteiger partial charge in [0.15, 0.2) is 0 Å². The highest BCUT2D eigenvalue weighted by Crippen LogP contribution is 2.62. The lowest BCUT2D eigenvalue weighted by atomic mass is 9.71. The number of amides is 2. The van der Waals surface area contributed by atoms with E-state index in [0.717, 1.165) is 17.7 Å². The summed E-state index contributed by atoms with van der Waals surface area (Å²) < 4.78 is 0. The average Bonchev–Trinajstić information content (AvgIpc) is 3.44. The van der Waals surface area contributed by atoms with Gasteiger partial charge >= 0.3 is 0 Å². The second-order valence-electron chi connectivity index (χ2n) is 8.04. The first-order chi connectivity index (χ1) is 13.6. The maximum absolute atomic E-state index is 13.3. The minimum Gasteiger partial charge on any atom is -0.391 e. The van der Waals surface area contributed by atoms with Crippen LogP contribution in [-0.4, -0.2) is 23.6 Å². The fourth-order valence-corrected chi connectivity index (χ4v) is 5.94. The molecular formula is C22H17ClN2O3. The Labute approximate surface area is 166 Å². The summed E-state index contributed by atoms with van der Waals surface area (Å²) in [6.07, 6.45) is 0.724. The van der Waals surface area contributed by atoms with E-state index in [2.05, 4.69) is 5.16 Å². The van der Waals surface area contributed by atoms with Gasteiger partial charge in [0, 0.05) is 16.9 Å². The van der Waals surface area contributed by atoms with Crippen molar-refractivity contribution in [2.75, 3.05) is 4.90 Å². The van der Waals surface area contributed by atoms with Gasteiger partial charge in [-0.2, -0.15) is 0 Å². The van der Waals surface area contributed by atoms with Gasteiger partial charge in [0.2, 0.25) is 11.8 Å². The van der Waals surface area contributed by atoms with Crippen molar-refractivity contribution in [3.05, 3.63) is 65.2 Å². The fraction of sp³-hybridized carbons (Fsp3) is 0.318. The Morgan fingerprint density at radius 1 is 0.893 bits per heavy atom. The summed E-state index contributed by atoms with van der Waals surface area (Å²) in [6, 6.07) is 16.8. The van der Waals surface area contributed by atoms with Crippen LogP contribution in [0.3, 0.4) is 0 Å². The fourth-order valence-electron chi connectivity index (χ4n) is 5.82. The van der Waals surface area contributed by atoms with E-state index in [4.69, 9.17) is 16.4 Å². The first-order valence-electron chi connectivity index (χ1n) is 9.57. The first-order valence-corrected chi connectivity index (χ1v) is 9.95. The number of oxime groups is 1. The van der Waals surface area contributed by atoms with Gasteiger partial charge in [-0.25, -0.2) is 0 Å². The molecule has 2 amide bonds. The molecule has 2 bridgehead atoms. The molecule has 0 spiro atoms. The molecular weight excluding hydrogens is 376 g/mol. The molecule has 6 rings (SSSR count). The molecule has 0 radical (unpaired) electrons. The zero-order valence-electron chi connectivity index (χ0n) is 14.9. The van der Waals surface area contributed by atoms with Gasteiger partial charge in [-0.05, 0) is 42.2 Å². The van der Waals surface area contributed by atoms with Crippen LogP contribution in [0.25, 0.3) is 0 Å². The predicted molar refractivity (Wildman–Crippen MR) is 104 cm³/mol. The van der Waals surface area contributed by atoms with Gasteiger partial charge in [0.25, 0.3) is 0 Å². The normalized spacial score (nSPS) is 35.0. The molecule has 0 N–H and O–H groups in total. The van der Waals surface area contributed by atoms with Crippen LogP contribution in [-0.2, 0) is 14.4 Å². The molecule has 0 unspecified atom stereocenters. The maximum atomic E-state index is 13.3. The highest BCUT2D eigenvalue weighted by Gasteiger charge is 2.70. The Morgan fingerprint density at radius 3 is 2.29 bits per heavy atom. The Hall–Kier alpha value is -2.66. The van der Waals surface area contributed by atoms with Crippen LogP contribution in [0.1, 0.15) is 12.0 Å². The number of imide groups is 1. The quantitative estimate of drug-likeness (QED) is 0.735. The smallest absolute Gasteiger partial charge is 0.238 e. The summed E-state index contributed by atoms with van der Waals surface area (Å²) >= 11 is 6.02. The second kappa shape index (κ2) is 5.67. The van der Waals surface area contributed by atoms with Gasteiger partial charge in [0.05, 0.1) is 23.2 Å². The van der Waals surface area contributed by atoms with E-state index >= 15 is 0 Å². The summed E-state index contributed by atoms with van der Waals surface area (Å²) in [5.41, 5.74) is 2.51. The summed E-state index contributed by atoms with van der Waals surface area (Å²) in [5, 5.41) is 5.02. The van der Waals surface area contributed by atoms with Gasteiger partial charge in [-0.3, -0.25) is 14.5 Å². The monoisotopic (exact) mass is 392 g/mol. The molecule has 2 heterocycles. The number of hydrogen-bond donors (Lipinski definition) is 0. The summed E-state index contributed by atoms with van der Waals surface area (Å²) in [5.74, 6) is -0.553. The highest BCUT2D eigenvalue weighted by molar-refractivity contribution is 6.30. The molecule has 6 heteroatoms. The highest BCUT2D eigenvalue weighted by atomic mass is 35.5. The molecule has 6 atom stereocenters. The molecule has 28 heavy (non-hydrogen) atoms. The third kappa shape index (κ3) is 2.00. The lowest BCUT2D eigenvalue weighted by Crippen LogP contribution is -2.41. The number of anilines is 1. The van der Waals surface area contributed by atoms with E-state index in [1.54, 1.807) is 0 Å². The molecule has 2 aromatic rings. The molecule has 3 fully saturated rings. The van der Waals surface area contributed by atoms with Crippen LogP contribution in [0.4, 0.5) is 5.69 Å². The number of hydrogen-bond acceptors (Lipinski definition) is 4. The van der Waals surface area contributed by atoms with Crippen LogP contribution in [0.5, 0.6) is 0 Å². The van der Waals surface area contributed by atoms with E-state index in [1.165, 1.54) is 4.90 Å². The Bertz CT molecular complexity index is 1020. The number of benzene rings is 2. The van der Waals surface area contributed by atoms with Crippen molar-refractivity contribution in [1.29, 1.82) is 0 Å². The van der Waals surface area contributed by atoms with Crippen LogP contribution < -0.4 is 4.90 Å². The molecule has 4 aliphatic rings. The first kappa shape index (κ1) is 16.3. The largest absolute Gasteiger partial charge is 0.391 e. The minimum atomic E-state index is -0.293. The third-order valence-electron chi connectivity index (χ3n) is 6.84. The van der Waals surface area contributed by atoms with E-state index in [9.17, 15) is 9.59 Å². The zero-order valence-corrected chi connectivity index (χ0v) is 15.6. The lowest BCUT2D eigenvalue weighted by molar-refractivity contribution is -0.125. The van der Waals surface area contributed by atoms with Gasteiger partial charge in [-0.15, -0.1) is 0 Å². The summed E-state index contributed by atoms with van der Waals surface area (Å²) in [7, 11) is 0. The number of carbonyl (C=O) groups is 2. The molecule has 2 aromatic carbocycles. The van der Waals surface area contributed by atoms with Crippen LogP contribution in [0.2, 0.25) is 5.02 Å². The zero-order chi connectivity index (χ0) is 19.0. The standard InChI is InChI=1S/C22H17ClN2O3/c23-12-8-6-11(7-9-12)19-18-14-10-15(20(18)28-24-19)17-16(14)21(26)25(22(17)27)13-4-2-1-3-5-13/h1-9,14-18,20H,10H2/t14-,15-,16-,17-,18-,20+/m0/s1. The average molecular weight is 393 g/mol. The van der Waals surface area contributed by atoms with Crippen molar-refractivity contribution in [2.45, 2.75) is 12.5 Å². The Balaban J connectivity index is 1.36. The van der Waals surface area contributed by atoms with Gasteiger partial charge < -0.3 is 4.84 Å². The van der Waals surface area contributed by atoms with Crippen molar-refractivity contribution in [3.8, 4) is 0 Å². The number of carbonyl (C=O) groups excluding carboxylic acids is 2. The number of rotatable bonds is 2. The molecule has 2 aliphatic carbocycles. The molecule has 2 aliphatic heterocycles. The minimum absolute atomic E-state index is 0.0405. The lowest BCUT2D eigenvalue weighted by Gasteiger charge is -2.29. The van der Waals surface area contributed by atoms with Crippen LogP contribution in [0, 0.1) is 29.6 Å². The Morgan fingerprint density at radius 2 is 1.57 bits per heavy atom. The van der Waals surface area contributed by atoms with Gasteiger partial charge in [0.1, 0.15) is 6.10 Å². The van der Waals surface area contributed by atoms with Crippen molar-refractivity contribution >= 4 is 34.8 Å². The summed E-state index contributed by atoms with van der Waals surface area (Å²) in [6.45, 7) is 0. The van der Waals surface area contributed by atoms with Crippen LogP contribution >= 0.6 is 11.6 Å². The van der Waals surface area contributed by atoms with Crippen LogP contribution in [0.15, 0.2) is 59.8 Å². The molecule has 5 nitrogen and oxygen atoms in total. The SMILES string of the molecule is O=C1[C@H]2[C@@H]3C[C@H]([C@H]4C(c5ccc(Cl)cc5)=NO[C@H]34)[C@@H]2C(=O)N1c1ccccc1. The molecule has 140 valence electrons. The maximum Gasteiger partial charge on any atom is 0.238 e. The van der Waals surface area contributed by atoms with Crippen molar-refractivity contribution in [2.24, 2.45) is 34.7 Å². The van der Waals surface area contributed by atoms with E-state index < -0.39 is 0 Å². The molecule has 2 saturated carbocycles. The number of para-hydroxylation sites is 1. The molecule has 1 saturated heterocycles. The number of fused-ring (bicyclic) bond motifs is 8. The predicted octanol–water partition coefficient (Wildman–Crippen LogP) is 3.51. The summed E-state index contributed by atoms with van der Waals surface area (Å²) in [4.78, 5) is 33.6. The number of nitrogens with zero attached hydrogens (tertiary/aromatic N) is 2. The second-order valence-corrected chi connectivity index (χ2v) is 8.48. The van der Waals surface area contributed by atoms with Crippen molar-refractivity contribution in [3.63, 3.8) is 0 Å². The van der Waals surface area contributed by atoms with E-state index in [0.29, 0.717) is 10.7 Å². The Kier molecular flexibility index (Phi) is 3.30. The topological polar surface area (TPSA) is 59.0 Å². The third-order valence-corrected chi connectivity index (χ3v) is 7.10. The van der Waals surface area contributed by atoms with Gasteiger partial charge in [-0.1, -0.05) is 47.1 Å². The van der Waals surface area contributed by atoms with E-state index in [1.807, 2.05) is 54.6 Å². The van der Waals surface area contributed by atoms with Crippen molar-refractivity contribution < 1.29 is 14.4 Å². The molecule has 0 aromatic heterocycles. The van der Waals surface area contributed by atoms with Crippen molar-refractivity contribution in [1.82, 2.24) is 0 Å². The number of halogens is 1. The van der Waals surface area contributed by atoms with E-state index in [-0.39, 0.29) is 47.5 Å².